The molecule has 1 aromatic rings. The van der Waals surface area contributed by atoms with Crippen molar-refractivity contribution in [2.75, 3.05) is 11.1 Å². The molecule has 0 saturated carbocycles. The fraction of sp³-hybridized carbons (Fsp3) is 0.600. The Hall–Kier alpha value is -1.38. The standard InChI is InChI=1S/C15H26N2O/c1-5-8-12(6-2)17-13-9-7-10-14(15(13)16)18-11(3)4/h7,9-12,17H,5-6,8,16H2,1-4H3. The number of nitrogens with one attached hydrogen (secondary N) is 1. The highest BCUT2D eigenvalue weighted by atomic mass is 16.5. The number of anilines is 2. The van der Waals surface area contributed by atoms with E-state index in [-0.39, 0.29) is 6.10 Å². The molecule has 0 radical (unpaired) electrons. The number of hydrogen-bond donors (Lipinski definition) is 2. The first-order chi connectivity index (χ1) is 8.58. The van der Waals surface area contributed by atoms with Crippen LogP contribution in [-0.4, -0.2) is 12.1 Å². The smallest absolute Gasteiger partial charge is 0.144 e. The summed E-state index contributed by atoms with van der Waals surface area (Å²) in [5.74, 6) is 0.765. The van der Waals surface area contributed by atoms with Gasteiger partial charge in [-0.3, -0.25) is 0 Å². The van der Waals surface area contributed by atoms with Crippen molar-refractivity contribution in [3.8, 4) is 5.75 Å². The van der Waals surface area contributed by atoms with Crippen LogP contribution in [0.2, 0.25) is 0 Å². The van der Waals surface area contributed by atoms with Crippen LogP contribution in [0.3, 0.4) is 0 Å². The molecule has 102 valence electrons. The molecular formula is C15H26N2O. The van der Waals surface area contributed by atoms with E-state index < -0.39 is 0 Å². The molecule has 0 amide bonds. The maximum absolute atomic E-state index is 6.14. The predicted molar refractivity (Wildman–Crippen MR) is 79.2 cm³/mol. The molecule has 3 nitrogen and oxygen atoms in total. The second-order valence-electron chi connectivity index (χ2n) is 4.92. The molecule has 0 aromatic heterocycles. The SMILES string of the molecule is CCCC(CC)Nc1cccc(OC(C)C)c1N. The minimum atomic E-state index is 0.139. The average molecular weight is 250 g/mol. The number of para-hydroxylation sites is 1. The van der Waals surface area contributed by atoms with Gasteiger partial charge in [0.1, 0.15) is 5.75 Å². The molecule has 1 unspecified atom stereocenters. The Morgan fingerprint density at radius 1 is 1.28 bits per heavy atom. The van der Waals surface area contributed by atoms with Gasteiger partial charge in [-0.25, -0.2) is 0 Å². The molecule has 1 atom stereocenters. The van der Waals surface area contributed by atoms with Gasteiger partial charge in [-0.15, -0.1) is 0 Å². The lowest BCUT2D eigenvalue weighted by Crippen LogP contribution is -2.19. The van der Waals surface area contributed by atoms with Crippen molar-refractivity contribution in [2.24, 2.45) is 0 Å². The van der Waals surface area contributed by atoms with Gasteiger partial charge in [-0.05, 0) is 38.8 Å². The van der Waals surface area contributed by atoms with Crippen molar-refractivity contribution in [2.45, 2.75) is 59.1 Å². The van der Waals surface area contributed by atoms with Crippen molar-refractivity contribution in [3.63, 3.8) is 0 Å². The summed E-state index contributed by atoms with van der Waals surface area (Å²) in [6.07, 6.45) is 3.57. The van der Waals surface area contributed by atoms with Gasteiger partial charge < -0.3 is 15.8 Å². The van der Waals surface area contributed by atoms with Crippen LogP contribution >= 0.6 is 0 Å². The summed E-state index contributed by atoms with van der Waals surface area (Å²) in [7, 11) is 0. The largest absolute Gasteiger partial charge is 0.489 e. The zero-order valence-corrected chi connectivity index (χ0v) is 12.0. The molecule has 0 fully saturated rings. The first kappa shape index (κ1) is 14.7. The Bertz CT molecular complexity index is 364. The molecule has 0 heterocycles. The molecule has 0 aliphatic heterocycles. The van der Waals surface area contributed by atoms with Crippen molar-refractivity contribution < 1.29 is 4.74 Å². The zero-order valence-electron chi connectivity index (χ0n) is 12.0. The molecule has 0 saturated heterocycles. The number of nitrogens with two attached hydrogens (primary N) is 1. The van der Waals surface area contributed by atoms with Crippen LogP contribution in [0, 0.1) is 0 Å². The van der Waals surface area contributed by atoms with E-state index in [1.54, 1.807) is 0 Å². The lowest BCUT2D eigenvalue weighted by atomic mass is 10.1. The van der Waals surface area contributed by atoms with Gasteiger partial charge >= 0.3 is 0 Å². The van der Waals surface area contributed by atoms with Crippen LogP contribution in [-0.2, 0) is 0 Å². The van der Waals surface area contributed by atoms with E-state index in [1.807, 2.05) is 32.0 Å². The molecule has 0 bridgehead atoms. The Kier molecular flexibility index (Phi) is 5.83. The van der Waals surface area contributed by atoms with Gasteiger partial charge in [0, 0.05) is 6.04 Å². The lowest BCUT2D eigenvalue weighted by molar-refractivity contribution is 0.244. The van der Waals surface area contributed by atoms with Crippen LogP contribution in [0.4, 0.5) is 11.4 Å². The molecular weight excluding hydrogens is 224 g/mol. The van der Waals surface area contributed by atoms with Crippen LogP contribution in [0.25, 0.3) is 0 Å². The van der Waals surface area contributed by atoms with E-state index in [9.17, 15) is 0 Å². The minimum absolute atomic E-state index is 0.139. The fourth-order valence-electron chi connectivity index (χ4n) is 1.97. The summed E-state index contributed by atoms with van der Waals surface area (Å²) in [6.45, 7) is 8.40. The van der Waals surface area contributed by atoms with Gasteiger partial charge in [0.25, 0.3) is 0 Å². The molecule has 0 aliphatic rings. The third-order valence-corrected chi connectivity index (χ3v) is 2.92. The summed E-state index contributed by atoms with van der Waals surface area (Å²) in [5, 5.41) is 3.51. The van der Waals surface area contributed by atoms with Gasteiger partial charge in [-0.2, -0.15) is 0 Å². The average Bonchev–Trinajstić information content (AvgIpc) is 2.32. The molecule has 3 N–H and O–H groups in total. The van der Waals surface area contributed by atoms with Crippen LogP contribution < -0.4 is 15.8 Å². The first-order valence-corrected chi connectivity index (χ1v) is 6.90. The summed E-state index contributed by atoms with van der Waals surface area (Å²) < 4.78 is 5.70. The highest BCUT2D eigenvalue weighted by Crippen LogP contribution is 2.31. The van der Waals surface area contributed by atoms with Crippen molar-refractivity contribution in [1.82, 2.24) is 0 Å². The van der Waals surface area contributed by atoms with E-state index >= 15 is 0 Å². The Morgan fingerprint density at radius 2 is 2.00 bits per heavy atom. The van der Waals surface area contributed by atoms with Crippen LogP contribution in [0.5, 0.6) is 5.75 Å². The second-order valence-corrected chi connectivity index (χ2v) is 4.92. The maximum atomic E-state index is 6.14. The third-order valence-electron chi connectivity index (χ3n) is 2.92. The lowest BCUT2D eigenvalue weighted by Gasteiger charge is -2.21. The monoisotopic (exact) mass is 250 g/mol. The van der Waals surface area contributed by atoms with Gasteiger partial charge in [0.05, 0.1) is 17.5 Å². The summed E-state index contributed by atoms with van der Waals surface area (Å²) in [4.78, 5) is 0. The van der Waals surface area contributed by atoms with Crippen molar-refractivity contribution in [3.05, 3.63) is 18.2 Å². The first-order valence-electron chi connectivity index (χ1n) is 6.90. The van der Waals surface area contributed by atoms with Gasteiger partial charge in [0.15, 0.2) is 0 Å². The van der Waals surface area contributed by atoms with Gasteiger partial charge in [0.2, 0.25) is 0 Å². The number of rotatable bonds is 7. The van der Waals surface area contributed by atoms with E-state index in [0.29, 0.717) is 11.7 Å². The van der Waals surface area contributed by atoms with Gasteiger partial charge in [-0.1, -0.05) is 26.3 Å². The fourth-order valence-corrected chi connectivity index (χ4v) is 1.97. The maximum Gasteiger partial charge on any atom is 0.144 e. The highest BCUT2D eigenvalue weighted by molar-refractivity contribution is 5.73. The molecule has 0 aliphatic carbocycles. The Labute approximate surface area is 111 Å². The molecule has 3 heteroatoms. The second kappa shape index (κ2) is 7.14. The van der Waals surface area contributed by atoms with E-state index in [4.69, 9.17) is 10.5 Å². The Morgan fingerprint density at radius 3 is 2.56 bits per heavy atom. The van der Waals surface area contributed by atoms with Crippen LogP contribution in [0.1, 0.15) is 47.0 Å². The van der Waals surface area contributed by atoms with Crippen molar-refractivity contribution in [1.29, 1.82) is 0 Å². The number of ether oxygens (including phenoxy) is 1. The number of nitrogen functional groups attached to an aromatic ring is 1. The Balaban J connectivity index is 2.82. The van der Waals surface area contributed by atoms with Crippen molar-refractivity contribution >= 4 is 11.4 Å². The molecule has 1 rings (SSSR count). The quantitative estimate of drug-likeness (QED) is 0.718. The van der Waals surface area contributed by atoms with Crippen LogP contribution in [0.15, 0.2) is 18.2 Å². The summed E-state index contributed by atoms with van der Waals surface area (Å²) in [5.41, 5.74) is 7.83. The molecule has 18 heavy (non-hydrogen) atoms. The number of benzene rings is 1. The minimum Gasteiger partial charge on any atom is -0.489 e. The van der Waals surface area contributed by atoms with E-state index in [2.05, 4.69) is 19.2 Å². The van der Waals surface area contributed by atoms with E-state index in [0.717, 1.165) is 24.3 Å². The third kappa shape index (κ3) is 4.13. The predicted octanol–water partition coefficient (Wildman–Crippen LogP) is 4.05. The molecule has 0 spiro atoms. The van der Waals surface area contributed by atoms with E-state index in [1.165, 1.54) is 6.42 Å². The molecule has 1 aromatic carbocycles. The zero-order chi connectivity index (χ0) is 13.5. The topological polar surface area (TPSA) is 47.3 Å². The summed E-state index contributed by atoms with van der Waals surface area (Å²) in [6, 6.07) is 6.39. The summed E-state index contributed by atoms with van der Waals surface area (Å²) >= 11 is 0. The number of hydrogen-bond acceptors (Lipinski definition) is 3. The highest BCUT2D eigenvalue weighted by Gasteiger charge is 2.10. The normalized spacial score (nSPS) is 12.5.